The van der Waals surface area contributed by atoms with Crippen molar-refractivity contribution in [1.82, 2.24) is 5.32 Å². The molecule has 0 saturated carbocycles. The van der Waals surface area contributed by atoms with Gasteiger partial charge in [0.05, 0.1) is 0 Å². The molecule has 0 aliphatic carbocycles. The van der Waals surface area contributed by atoms with Crippen LogP contribution in [0.2, 0.25) is 0 Å². The average molecular weight is 369 g/mol. The van der Waals surface area contributed by atoms with Crippen molar-refractivity contribution in [2.24, 2.45) is 0 Å². The summed E-state index contributed by atoms with van der Waals surface area (Å²) in [5.41, 5.74) is -0.400. The second-order valence-electron chi connectivity index (χ2n) is 5.59. The maximum atomic E-state index is 11.3. The van der Waals surface area contributed by atoms with Gasteiger partial charge < -0.3 is 10.1 Å². The van der Waals surface area contributed by atoms with Crippen LogP contribution in [0.3, 0.4) is 0 Å². The van der Waals surface area contributed by atoms with Gasteiger partial charge in [0.15, 0.2) is 0 Å². The predicted octanol–water partition coefficient (Wildman–Crippen LogP) is 4.68. The first-order chi connectivity index (χ1) is 8.45. The molecule has 1 amide bonds. The maximum absolute atomic E-state index is 11.3. The molecule has 0 saturated heterocycles. The second kappa shape index (κ2) is 10.9. The van der Waals surface area contributed by atoms with Gasteiger partial charge >= 0.3 is 6.09 Å². The number of carbonyl (C=O) groups excluding carboxylic acids is 1. The SMILES string of the molecule is CC(C)(C)OC(=O)NCCCCCCCCCI. The Morgan fingerprint density at radius 1 is 1.00 bits per heavy atom. The molecule has 0 aromatic carbocycles. The number of hydrogen-bond donors (Lipinski definition) is 1. The van der Waals surface area contributed by atoms with E-state index in [1.165, 1.54) is 43.0 Å². The number of hydrogen-bond acceptors (Lipinski definition) is 2. The van der Waals surface area contributed by atoms with Crippen molar-refractivity contribution in [3.8, 4) is 0 Å². The molecule has 4 heteroatoms. The summed E-state index contributed by atoms with van der Waals surface area (Å²) in [6.45, 7) is 6.36. The van der Waals surface area contributed by atoms with E-state index in [1.807, 2.05) is 20.8 Å². The van der Waals surface area contributed by atoms with Crippen LogP contribution in [0.25, 0.3) is 0 Å². The standard InChI is InChI=1S/C14H28INO2/c1-14(2,3)18-13(17)16-12-10-8-6-4-5-7-9-11-15/h4-12H2,1-3H3,(H,16,17). The van der Waals surface area contributed by atoms with E-state index in [9.17, 15) is 4.79 Å². The molecule has 1 N–H and O–H groups in total. The Morgan fingerprint density at radius 2 is 1.50 bits per heavy atom. The molecule has 0 heterocycles. The van der Waals surface area contributed by atoms with Crippen molar-refractivity contribution in [1.29, 1.82) is 0 Å². The number of amides is 1. The lowest BCUT2D eigenvalue weighted by Gasteiger charge is -2.19. The van der Waals surface area contributed by atoms with Crippen molar-refractivity contribution >= 4 is 28.7 Å². The predicted molar refractivity (Wildman–Crippen MR) is 85.4 cm³/mol. The van der Waals surface area contributed by atoms with Gasteiger partial charge in [-0.3, -0.25) is 0 Å². The van der Waals surface area contributed by atoms with Crippen molar-refractivity contribution < 1.29 is 9.53 Å². The molecule has 0 fully saturated rings. The third kappa shape index (κ3) is 14.1. The van der Waals surface area contributed by atoms with Crippen LogP contribution in [0, 0.1) is 0 Å². The van der Waals surface area contributed by atoms with E-state index in [2.05, 4.69) is 27.9 Å². The topological polar surface area (TPSA) is 38.3 Å². The Hall–Kier alpha value is 0. The molecule has 0 spiro atoms. The smallest absolute Gasteiger partial charge is 0.407 e. The van der Waals surface area contributed by atoms with Gasteiger partial charge in [0.2, 0.25) is 0 Å². The Labute approximate surface area is 126 Å². The zero-order valence-electron chi connectivity index (χ0n) is 12.1. The van der Waals surface area contributed by atoms with E-state index in [4.69, 9.17) is 4.74 Å². The molecule has 0 aliphatic heterocycles. The highest BCUT2D eigenvalue weighted by molar-refractivity contribution is 14.1. The molecule has 3 nitrogen and oxygen atoms in total. The molecule has 0 radical (unpaired) electrons. The minimum atomic E-state index is -0.400. The largest absolute Gasteiger partial charge is 0.444 e. The molecule has 0 aliphatic rings. The summed E-state index contributed by atoms with van der Waals surface area (Å²) in [6.07, 6.45) is 8.60. The van der Waals surface area contributed by atoms with E-state index in [-0.39, 0.29) is 6.09 Å². The molecule has 0 unspecified atom stereocenters. The molecule has 18 heavy (non-hydrogen) atoms. The molecule has 108 valence electrons. The number of nitrogens with one attached hydrogen (secondary N) is 1. The van der Waals surface area contributed by atoms with Crippen LogP contribution < -0.4 is 5.32 Å². The number of ether oxygens (including phenoxy) is 1. The van der Waals surface area contributed by atoms with Crippen molar-refractivity contribution in [3.63, 3.8) is 0 Å². The third-order valence-electron chi connectivity index (χ3n) is 2.48. The van der Waals surface area contributed by atoms with Crippen LogP contribution >= 0.6 is 22.6 Å². The van der Waals surface area contributed by atoms with Gasteiger partial charge in [0.1, 0.15) is 5.60 Å². The number of rotatable bonds is 9. The number of unbranched alkanes of at least 4 members (excludes halogenated alkanes) is 6. The summed E-state index contributed by atoms with van der Waals surface area (Å²) >= 11 is 2.43. The summed E-state index contributed by atoms with van der Waals surface area (Å²) < 4.78 is 6.43. The van der Waals surface area contributed by atoms with E-state index >= 15 is 0 Å². The summed E-state index contributed by atoms with van der Waals surface area (Å²) in [5, 5.41) is 2.79. The van der Waals surface area contributed by atoms with Gasteiger partial charge in [-0.25, -0.2) is 4.79 Å². The van der Waals surface area contributed by atoms with E-state index in [0.717, 1.165) is 13.0 Å². The number of halogens is 1. The second-order valence-corrected chi connectivity index (χ2v) is 6.67. The fraction of sp³-hybridized carbons (Fsp3) is 0.929. The molecular formula is C14H28INO2. The monoisotopic (exact) mass is 369 g/mol. The van der Waals surface area contributed by atoms with Crippen molar-refractivity contribution in [3.05, 3.63) is 0 Å². The molecule has 0 aromatic rings. The highest BCUT2D eigenvalue weighted by atomic mass is 127. The van der Waals surface area contributed by atoms with Crippen molar-refractivity contribution in [2.75, 3.05) is 11.0 Å². The zero-order valence-corrected chi connectivity index (χ0v) is 14.2. The van der Waals surface area contributed by atoms with Crippen LogP contribution in [-0.4, -0.2) is 22.7 Å². The van der Waals surface area contributed by atoms with E-state index in [0.29, 0.717) is 0 Å². The van der Waals surface area contributed by atoms with Gasteiger partial charge in [-0.1, -0.05) is 54.7 Å². The quantitative estimate of drug-likeness (QED) is 0.364. The normalized spacial score (nSPS) is 11.3. The van der Waals surface area contributed by atoms with Gasteiger partial charge in [0, 0.05) is 6.54 Å². The first-order valence-corrected chi connectivity index (χ1v) is 8.51. The molecule has 0 atom stereocenters. The van der Waals surface area contributed by atoms with E-state index in [1.54, 1.807) is 0 Å². The average Bonchev–Trinajstić information content (AvgIpc) is 2.24. The Balaban J connectivity index is 3.23. The highest BCUT2D eigenvalue weighted by Gasteiger charge is 2.15. The third-order valence-corrected chi connectivity index (χ3v) is 3.24. The zero-order chi connectivity index (χ0) is 13.9. The summed E-state index contributed by atoms with van der Waals surface area (Å²) in [6, 6.07) is 0. The maximum Gasteiger partial charge on any atom is 0.407 e. The lowest BCUT2D eigenvalue weighted by atomic mass is 10.1. The lowest BCUT2D eigenvalue weighted by Crippen LogP contribution is -2.32. The Kier molecular flexibility index (Phi) is 10.9. The number of carbonyl (C=O) groups is 1. The van der Waals surface area contributed by atoms with Crippen LogP contribution in [0.15, 0.2) is 0 Å². The minimum Gasteiger partial charge on any atom is -0.444 e. The molecule has 0 rings (SSSR count). The summed E-state index contributed by atoms with van der Waals surface area (Å²) in [7, 11) is 0. The van der Waals surface area contributed by atoms with Gasteiger partial charge in [0.25, 0.3) is 0 Å². The molecule has 0 bridgehead atoms. The Morgan fingerprint density at radius 3 is 2.00 bits per heavy atom. The summed E-state index contributed by atoms with van der Waals surface area (Å²) in [4.78, 5) is 11.3. The van der Waals surface area contributed by atoms with Crippen LogP contribution in [0.5, 0.6) is 0 Å². The first-order valence-electron chi connectivity index (χ1n) is 6.98. The number of alkyl halides is 1. The van der Waals surface area contributed by atoms with Crippen LogP contribution in [0.4, 0.5) is 4.79 Å². The van der Waals surface area contributed by atoms with Gasteiger partial charge in [-0.2, -0.15) is 0 Å². The first kappa shape index (κ1) is 18.0. The molecule has 0 aromatic heterocycles. The van der Waals surface area contributed by atoms with Crippen molar-refractivity contribution in [2.45, 2.75) is 71.3 Å². The highest BCUT2D eigenvalue weighted by Crippen LogP contribution is 2.08. The summed E-state index contributed by atoms with van der Waals surface area (Å²) in [5.74, 6) is 0. The lowest BCUT2D eigenvalue weighted by molar-refractivity contribution is 0.0527. The Bertz CT molecular complexity index is 214. The van der Waals surface area contributed by atoms with Gasteiger partial charge in [-0.05, 0) is 38.0 Å². The van der Waals surface area contributed by atoms with E-state index < -0.39 is 5.60 Å². The van der Waals surface area contributed by atoms with Crippen LogP contribution in [-0.2, 0) is 4.74 Å². The molecular weight excluding hydrogens is 341 g/mol. The fourth-order valence-corrected chi connectivity index (χ4v) is 2.15. The fourth-order valence-electron chi connectivity index (χ4n) is 1.61. The minimum absolute atomic E-state index is 0.301. The number of alkyl carbamates (subject to hydrolysis) is 1. The van der Waals surface area contributed by atoms with Crippen LogP contribution in [0.1, 0.15) is 65.7 Å². The van der Waals surface area contributed by atoms with Gasteiger partial charge in [-0.15, -0.1) is 0 Å².